The first-order chi connectivity index (χ1) is 17.2. The fourth-order valence-corrected chi connectivity index (χ4v) is 6.56. The van der Waals surface area contributed by atoms with E-state index in [1.165, 1.54) is 35.1 Å². The highest BCUT2D eigenvalue weighted by atomic mass is 32.1. The maximum Gasteiger partial charge on any atom is 0.146 e. The topological polar surface area (TPSA) is 75.6 Å². The molecule has 3 aromatic heterocycles. The summed E-state index contributed by atoms with van der Waals surface area (Å²) in [6.07, 6.45) is 7.05. The first kappa shape index (κ1) is 23.1. The molecule has 0 bridgehead atoms. The molecular weight excluding hydrogens is 460 g/mol. The van der Waals surface area contributed by atoms with Gasteiger partial charge in [0.25, 0.3) is 0 Å². The zero-order valence-electron chi connectivity index (χ0n) is 20.5. The lowest BCUT2D eigenvalue weighted by Gasteiger charge is -2.32. The number of rotatable bonds is 6. The Morgan fingerprint density at radius 3 is 2.80 bits per heavy atom. The quantitative estimate of drug-likeness (QED) is 0.557. The van der Waals surface area contributed by atoms with Crippen LogP contribution in [-0.2, 0) is 35.4 Å². The van der Waals surface area contributed by atoms with Crippen molar-refractivity contribution < 1.29 is 9.47 Å². The number of anilines is 2. The van der Waals surface area contributed by atoms with Crippen LogP contribution in [0.2, 0.25) is 0 Å². The number of nitrogens with one attached hydrogen (secondary N) is 1. The van der Waals surface area contributed by atoms with Gasteiger partial charge in [0.05, 0.1) is 37.9 Å². The van der Waals surface area contributed by atoms with Gasteiger partial charge >= 0.3 is 0 Å². The Labute approximate surface area is 210 Å². The lowest BCUT2D eigenvalue weighted by molar-refractivity contribution is 0.0331. The molecule has 2 saturated heterocycles. The van der Waals surface area contributed by atoms with Crippen LogP contribution in [0.25, 0.3) is 10.2 Å². The summed E-state index contributed by atoms with van der Waals surface area (Å²) < 4.78 is 11.2. The van der Waals surface area contributed by atoms with Crippen LogP contribution >= 0.6 is 11.3 Å². The first-order valence-electron chi connectivity index (χ1n) is 12.9. The number of pyridine rings is 1. The molecule has 0 saturated carbocycles. The number of ether oxygens (including phenoxy) is 2. The minimum absolute atomic E-state index is 0.246. The van der Waals surface area contributed by atoms with Crippen molar-refractivity contribution >= 4 is 33.2 Å². The van der Waals surface area contributed by atoms with Crippen molar-refractivity contribution in [3.63, 3.8) is 0 Å². The second-order valence-electron chi connectivity index (χ2n) is 9.77. The van der Waals surface area contributed by atoms with Crippen LogP contribution in [-0.4, -0.2) is 72.0 Å². The highest BCUT2D eigenvalue weighted by Gasteiger charge is 2.22. The van der Waals surface area contributed by atoms with E-state index >= 15 is 0 Å². The number of hydrogen-bond acceptors (Lipinski definition) is 9. The molecule has 1 N–H and O–H groups in total. The molecule has 9 heteroatoms. The summed E-state index contributed by atoms with van der Waals surface area (Å²) in [4.78, 5) is 22.1. The molecule has 2 fully saturated rings. The molecule has 3 aliphatic rings. The number of thiophene rings is 1. The number of morpholine rings is 2. The van der Waals surface area contributed by atoms with Gasteiger partial charge < -0.3 is 19.7 Å². The van der Waals surface area contributed by atoms with Gasteiger partial charge in [-0.05, 0) is 49.8 Å². The standard InChI is InChI=1S/C26H34N6O2S/c1-18-16-32(10-13-34-18)23-7-6-19(14-27-23)15-28-25-24-20-4-2-3-5-21(20)35-26(24)30-22(29-25)17-31-8-11-33-12-9-31/h6-7,14,18H,2-5,8-13,15-17H2,1H3,(H,28,29,30). The molecule has 0 spiro atoms. The van der Waals surface area contributed by atoms with Gasteiger partial charge in [-0.1, -0.05) is 6.07 Å². The molecular formula is C26H34N6O2S. The van der Waals surface area contributed by atoms with Crippen LogP contribution in [0.5, 0.6) is 0 Å². The van der Waals surface area contributed by atoms with E-state index in [1.807, 2.05) is 17.5 Å². The molecule has 1 aliphatic carbocycles. The summed E-state index contributed by atoms with van der Waals surface area (Å²) in [6.45, 7) is 9.56. The predicted molar refractivity (Wildman–Crippen MR) is 139 cm³/mol. The van der Waals surface area contributed by atoms with E-state index in [0.717, 1.165) is 86.8 Å². The third kappa shape index (κ3) is 5.14. The van der Waals surface area contributed by atoms with E-state index in [-0.39, 0.29) is 6.10 Å². The zero-order chi connectivity index (χ0) is 23.6. The highest BCUT2D eigenvalue weighted by Crippen LogP contribution is 2.39. The summed E-state index contributed by atoms with van der Waals surface area (Å²) in [7, 11) is 0. The van der Waals surface area contributed by atoms with Gasteiger partial charge in [0.1, 0.15) is 22.3 Å². The van der Waals surface area contributed by atoms with Gasteiger partial charge in [-0.25, -0.2) is 15.0 Å². The van der Waals surface area contributed by atoms with E-state index in [0.29, 0.717) is 6.54 Å². The van der Waals surface area contributed by atoms with Crippen LogP contribution in [0.3, 0.4) is 0 Å². The van der Waals surface area contributed by atoms with Crippen molar-refractivity contribution in [1.82, 2.24) is 19.9 Å². The van der Waals surface area contributed by atoms with Crippen LogP contribution in [0.15, 0.2) is 18.3 Å². The van der Waals surface area contributed by atoms with Crippen LogP contribution in [0, 0.1) is 0 Å². The number of fused-ring (bicyclic) bond motifs is 3. The third-order valence-corrected chi connectivity index (χ3v) is 8.35. The Morgan fingerprint density at radius 1 is 1.09 bits per heavy atom. The second kappa shape index (κ2) is 10.3. The van der Waals surface area contributed by atoms with Crippen molar-refractivity contribution in [2.24, 2.45) is 0 Å². The Morgan fingerprint density at radius 2 is 1.97 bits per heavy atom. The molecule has 2 aliphatic heterocycles. The Hall–Kier alpha value is -2.33. The molecule has 0 aromatic carbocycles. The third-order valence-electron chi connectivity index (χ3n) is 7.16. The lowest BCUT2D eigenvalue weighted by atomic mass is 9.97. The molecule has 6 rings (SSSR count). The fraction of sp³-hybridized carbons (Fsp3) is 0.577. The molecule has 8 nitrogen and oxygen atoms in total. The number of aromatic nitrogens is 3. The van der Waals surface area contributed by atoms with Gasteiger partial charge in [0.2, 0.25) is 0 Å². The average Bonchev–Trinajstić information content (AvgIpc) is 3.27. The molecule has 3 aromatic rings. The summed E-state index contributed by atoms with van der Waals surface area (Å²) in [6, 6.07) is 4.30. The smallest absolute Gasteiger partial charge is 0.146 e. The normalized spacial score (nSPS) is 21.3. The summed E-state index contributed by atoms with van der Waals surface area (Å²) in [5.74, 6) is 2.90. The van der Waals surface area contributed by atoms with Crippen LogP contribution in [0.4, 0.5) is 11.6 Å². The van der Waals surface area contributed by atoms with Crippen molar-refractivity contribution in [2.75, 3.05) is 56.2 Å². The summed E-state index contributed by atoms with van der Waals surface area (Å²) >= 11 is 1.87. The van der Waals surface area contributed by atoms with Crippen molar-refractivity contribution in [1.29, 1.82) is 0 Å². The van der Waals surface area contributed by atoms with E-state index in [4.69, 9.17) is 24.4 Å². The lowest BCUT2D eigenvalue weighted by Crippen LogP contribution is -2.41. The molecule has 1 atom stereocenters. The van der Waals surface area contributed by atoms with Crippen LogP contribution < -0.4 is 10.2 Å². The monoisotopic (exact) mass is 494 g/mol. The van der Waals surface area contributed by atoms with E-state index < -0.39 is 0 Å². The maximum absolute atomic E-state index is 5.67. The summed E-state index contributed by atoms with van der Waals surface area (Å²) in [5.41, 5.74) is 2.62. The molecule has 0 radical (unpaired) electrons. The molecule has 1 unspecified atom stereocenters. The molecule has 186 valence electrons. The Kier molecular flexibility index (Phi) is 6.82. The van der Waals surface area contributed by atoms with E-state index in [9.17, 15) is 0 Å². The highest BCUT2D eigenvalue weighted by molar-refractivity contribution is 7.19. The van der Waals surface area contributed by atoms with Crippen molar-refractivity contribution in [2.45, 2.75) is 51.8 Å². The SMILES string of the molecule is CC1CN(c2ccc(CNc3nc(CN4CCOCC4)nc4sc5c(c34)CCCC5)cn2)CCO1. The molecule has 35 heavy (non-hydrogen) atoms. The average molecular weight is 495 g/mol. The fourth-order valence-electron chi connectivity index (χ4n) is 5.28. The second-order valence-corrected chi connectivity index (χ2v) is 10.9. The summed E-state index contributed by atoms with van der Waals surface area (Å²) in [5, 5.41) is 4.90. The Bertz CT molecular complexity index is 1160. The van der Waals surface area contributed by atoms with Crippen molar-refractivity contribution in [3.05, 3.63) is 40.2 Å². The van der Waals surface area contributed by atoms with Gasteiger partial charge in [0, 0.05) is 43.8 Å². The van der Waals surface area contributed by atoms with E-state index in [2.05, 4.69) is 34.2 Å². The zero-order valence-corrected chi connectivity index (χ0v) is 21.3. The molecule has 0 amide bonds. The van der Waals surface area contributed by atoms with Gasteiger partial charge in [0.15, 0.2) is 0 Å². The number of nitrogens with zero attached hydrogens (tertiary/aromatic N) is 5. The minimum Gasteiger partial charge on any atom is -0.379 e. The number of aryl methyl sites for hydroxylation is 2. The first-order valence-corrected chi connectivity index (χ1v) is 13.7. The van der Waals surface area contributed by atoms with Gasteiger partial charge in [-0.3, -0.25) is 4.90 Å². The van der Waals surface area contributed by atoms with E-state index in [1.54, 1.807) is 0 Å². The largest absolute Gasteiger partial charge is 0.379 e. The molecule has 5 heterocycles. The van der Waals surface area contributed by atoms with Crippen molar-refractivity contribution in [3.8, 4) is 0 Å². The Balaban J connectivity index is 1.23. The van der Waals surface area contributed by atoms with Gasteiger partial charge in [-0.2, -0.15) is 0 Å². The van der Waals surface area contributed by atoms with Crippen LogP contribution in [0.1, 0.15) is 41.6 Å². The number of hydrogen-bond donors (Lipinski definition) is 1. The minimum atomic E-state index is 0.246. The maximum atomic E-state index is 5.67. The van der Waals surface area contributed by atoms with Gasteiger partial charge in [-0.15, -0.1) is 11.3 Å². The predicted octanol–water partition coefficient (Wildman–Crippen LogP) is 3.63.